The van der Waals surface area contributed by atoms with Crippen LogP contribution in [-0.2, 0) is 9.59 Å². The number of aryl methyl sites for hydroxylation is 1. The van der Waals surface area contributed by atoms with Crippen molar-refractivity contribution in [1.29, 1.82) is 0 Å². The van der Waals surface area contributed by atoms with Crippen LogP contribution in [0.2, 0.25) is 5.02 Å². The van der Waals surface area contributed by atoms with Crippen LogP contribution in [0.4, 0.5) is 5.82 Å². The number of halogens is 1. The van der Waals surface area contributed by atoms with Gasteiger partial charge >= 0.3 is 0 Å². The molecule has 0 radical (unpaired) electrons. The molecule has 0 saturated heterocycles. The lowest BCUT2D eigenvalue weighted by molar-refractivity contribution is -0.124. The second-order valence-electron chi connectivity index (χ2n) is 3.25. The van der Waals surface area contributed by atoms with E-state index in [0.717, 1.165) is 5.56 Å². The first-order valence-electron chi connectivity index (χ1n) is 4.40. The number of nitrogens with zero attached hydrogens (tertiary/aromatic N) is 1. The number of rotatable bonds is 3. The number of Topliss-reactive ketones (excluding diaryl/α,β-unsaturated/α-hetero) is 1. The molecule has 0 aliphatic carbocycles. The molecule has 1 aromatic rings. The lowest BCUT2D eigenvalue weighted by Crippen LogP contribution is -2.16. The zero-order chi connectivity index (χ0) is 11.4. The van der Waals surface area contributed by atoms with Crippen molar-refractivity contribution in [2.75, 3.05) is 5.32 Å². The zero-order valence-electron chi connectivity index (χ0n) is 8.50. The van der Waals surface area contributed by atoms with Gasteiger partial charge < -0.3 is 5.32 Å². The fraction of sp³-hybridized carbons (Fsp3) is 0.300. The molecule has 80 valence electrons. The highest BCUT2D eigenvalue weighted by Gasteiger charge is 2.08. The molecular weight excluding hydrogens is 216 g/mol. The molecule has 0 aromatic carbocycles. The summed E-state index contributed by atoms with van der Waals surface area (Å²) < 4.78 is 0. The van der Waals surface area contributed by atoms with Gasteiger partial charge in [-0.2, -0.15) is 0 Å². The van der Waals surface area contributed by atoms with Gasteiger partial charge in [0.05, 0.1) is 11.4 Å². The van der Waals surface area contributed by atoms with E-state index in [1.807, 2.05) is 0 Å². The molecule has 1 rings (SSSR count). The summed E-state index contributed by atoms with van der Waals surface area (Å²) in [5.74, 6) is -0.106. The van der Waals surface area contributed by atoms with Crippen molar-refractivity contribution >= 4 is 29.1 Å². The molecule has 0 bridgehead atoms. The van der Waals surface area contributed by atoms with Gasteiger partial charge in [-0.15, -0.1) is 0 Å². The first-order valence-corrected chi connectivity index (χ1v) is 4.78. The Labute approximate surface area is 92.7 Å². The van der Waals surface area contributed by atoms with Gasteiger partial charge in [0.1, 0.15) is 11.6 Å². The first kappa shape index (κ1) is 11.7. The Kier molecular flexibility index (Phi) is 3.80. The van der Waals surface area contributed by atoms with Crippen LogP contribution >= 0.6 is 11.6 Å². The average molecular weight is 227 g/mol. The van der Waals surface area contributed by atoms with Gasteiger partial charge in [-0.25, -0.2) is 4.98 Å². The summed E-state index contributed by atoms with van der Waals surface area (Å²) in [5, 5.41) is 3.05. The molecule has 0 aliphatic heterocycles. The van der Waals surface area contributed by atoms with Crippen LogP contribution in [0.1, 0.15) is 18.9 Å². The summed E-state index contributed by atoms with van der Waals surface area (Å²) in [7, 11) is 0. The quantitative estimate of drug-likeness (QED) is 0.802. The molecule has 1 aromatic heterocycles. The Bertz CT molecular complexity index is 404. The third kappa shape index (κ3) is 3.67. The van der Waals surface area contributed by atoms with Gasteiger partial charge in [-0.05, 0) is 25.5 Å². The summed E-state index contributed by atoms with van der Waals surface area (Å²) in [6, 6.07) is 1.69. The Morgan fingerprint density at radius 3 is 2.73 bits per heavy atom. The molecule has 0 atom stereocenters. The lowest BCUT2D eigenvalue weighted by atomic mass is 10.2. The minimum atomic E-state index is -0.361. The SMILES string of the molecule is CC(=O)CC(=O)Nc1ncc(Cl)cc1C. The third-order valence-electron chi connectivity index (χ3n) is 1.71. The number of ketones is 1. The minimum Gasteiger partial charge on any atom is -0.310 e. The largest absolute Gasteiger partial charge is 0.310 e. The van der Waals surface area contributed by atoms with Crippen LogP contribution in [0.3, 0.4) is 0 Å². The first-order chi connectivity index (χ1) is 6.99. The number of carbonyl (C=O) groups is 2. The Hall–Kier alpha value is -1.42. The van der Waals surface area contributed by atoms with E-state index in [9.17, 15) is 9.59 Å². The summed E-state index contributed by atoms with van der Waals surface area (Å²) in [4.78, 5) is 25.9. The van der Waals surface area contributed by atoms with Crippen molar-refractivity contribution < 1.29 is 9.59 Å². The molecule has 1 heterocycles. The van der Waals surface area contributed by atoms with E-state index in [1.54, 1.807) is 13.0 Å². The van der Waals surface area contributed by atoms with Crippen LogP contribution in [0, 0.1) is 6.92 Å². The highest BCUT2D eigenvalue weighted by atomic mass is 35.5. The molecule has 0 unspecified atom stereocenters. The molecule has 15 heavy (non-hydrogen) atoms. The Balaban J connectivity index is 2.72. The van der Waals surface area contributed by atoms with E-state index in [-0.39, 0.29) is 18.1 Å². The Morgan fingerprint density at radius 1 is 1.53 bits per heavy atom. The standard InChI is InChI=1S/C10H11ClN2O2/c1-6-3-8(11)5-12-10(6)13-9(15)4-7(2)14/h3,5H,4H2,1-2H3,(H,12,13,15). The smallest absolute Gasteiger partial charge is 0.232 e. The van der Waals surface area contributed by atoms with Gasteiger partial charge in [0.15, 0.2) is 0 Å². The topological polar surface area (TPSA) is 59.1 Å². The van der Waals surface area contributed by atoms with E-state index in [4.69, 9.17) is 11.6 Å². The molecule has 1 N–H and O–H groups in total. The summed E-state index contributed by atoms with van der Waals surface area (Å²) >= 11 is 5.71. The molecule has 5 heteroatoms. The summed E-state index contributed by atoms with van der Waals surface area (Å²) in [5.41, 5.74) is 0.763. The number of anilines is 1. The van der Waals surface area contributed by atoms with E-state index in [0.29, 0.717) is 10.8 Å². The van der Waals surface area contributed by atoms with Crippen LogP contribution in [0.5, 0.6) is 0 Å². The van der Waals surface area contributed by atoms with Crippen molar-refractivity contribution in [3.63, 3.8) is 0 Å². The third-order valence-corrected chi connectivity index (χ3v) is 1.92. The van der Waals surface area contributed by atoms with E-state index in [1.165, 1.54) is 13.1 Å². The van der Waals surface area contributed by atoms with Gasteiger partial charge in [-0.3, -0.25) is 9.59 Å². The average Bonchev–Trinajstić information content (AvgIpc) is 2.08. The fourth-order valence-electron chi connectivity index (χ4n) is 1.07. The monoisotopic (exact) mass is 226 g/mol. The highest BCUT2D eigenvalue weighted by Crippen LogP contribution is 2.16. The number of carbonyl (C=O) groups excluding carboxylic acids is 2. The van der Waals surface area contributed by atoms with E-state index < -0.39 is 0 Å². The number of pyridine rings is 1. The number of aromatic nitrogens is 1. The van der Waals surface area contributed by atoms with E-state index >= 15 is 0 Å². The molecule has 1 amide bonds. The van der Waals surface area contributed by atoms with Crippen LogP contribution in [0.15, 0.2) is 12.3 Å². The van der Waals surface area contributed by atoms with Crippen molar-refractivity contribution in [2.45, 2.75) is 20.3 Å². The van der Waals surface area contributed by atoms with Crippen LogP contribution in [0.25, 0.3) is 0 Å². The predicted molar refractivity (Wildman–Crippen MR) is 57.9 cm³/mol. The number of amides is 1. The minimum absolute atomic E-state index is 0.135. The zero-order valence-corrected chi connectivity index (χ0v) is 9.26. The van der Waals surface area contributed by atoms with Crippen LogP contribution < -0.4 is 5.32 Å². The van der Waals surface area contributed by atoms with Gasteiger partial charge in [0.25, 0.3) is 0 Å². The number of nitrogens with one attached hydrogen (secondary N) is 1. The fourth-order valence-corrected chi connectivity index (χ4v) is 1.29. The maximum atomic E-state index is 11.3. The molecule has 0 saturated carbocycles. The maximum absolute atomic E-state index is 11.3. The van der Waals surface area contributed by atoms with Gasteiger partial charge in [-0.1, -0.05) is 11.6 Å². The van der Waals surface area contributed by atoms with Crippen LogP contribution in [-0.4, -0.2) is 16.7 Å². The lowest BCUT2D eigenvalue weighted by Gasteiger charge is -2.06. The molecule has 4 nitrogen and oxygen atoms in total. The normalized spacial score (nSPS) is 9.80. The van der Waals surface area contributed by atoms with E-state index in [2.05, 4.69) is 10.3 Å². The van der Waals surface area contributed by atoms with Crippen molar-refractivity contribution in [2.24, 2.45) is 0 Å². The molecule has 0 spiro atoms. The molecule has 0 aliphatic rings. The van der Waals surface area contributed by atoms with Gasteiger partial charge in [0, 0.05) is 6.20 Å². The number of hydrogen-bond acceptors (Lipinski definition) is 3. The van der Waals surface area contributed by atoms with Crippen molar-refractivity contribution in [3.8, 4) is 0 Å². The molecular formula is C10H11ClN2O2. The molecule has 0 fully saturated rings. The second kappa shape index (κ2) is 4.89. The number of hydrogen-bond donors (Lipinski definition) is 1. The van der Waals surface area contributed by atoms with Crippen molar-refractivity contribution in [3.05, 3.63) is 22.8 Å². The Morgan fingerprint density at radius 2 is 2.20 bits per heavy atom. The highest BCUT2D eigenvalue weighted by molar-refractivity contribution is 6.30. The summed E-state index contributed by atoms with van der Waals surface area (Å²) in [6.07, 6.45) is 1.31. The maximum Gasteiger partial charge on any atom is 0.232 e. The predicted octanol–water partition coefficient (Wildman–Crippen LogP) is 1.96. The van der Waals surface area contributed by atoms with Gasteiger partial charge in [0.2, 0.25) is 5.91 Å². The van der Waals surface area contributed by atoms with Crippen molar-refractivity contribution in [1.82, 2.24) is 4.98 Å². The second-order valence-corrected chi connectivity index (χ2v) is 3.68. The summed E-state index contributed by atoms with van der Waals surface area (Å²) in [6.45, 7) is 3.14.